The second-order valence-corrected chi connectivity index (χ2v) is 4.84. The van der Waals surface area contributed by atoms with E-state index >= 15 is 0 Å². The molecule has 2 aliphatic carbocycles. The van der Waals surface area contributed by atoms with E-state index in [1.165, 1.54) is 0 Å². The summed E-state index contributed by atoms with van der Waals surface area (Å²) < 4.78 is 0. The van der Waals surface area contributed by atoms with Crippen molar-refractivity contribution in [1.82, 2.24) is 0 Å². The Morgan fingerprint density at radius 2 is 2.00 bits per heavy atom. The molecule has 3 atom stereocenters. The molecule has 0 N–H and O–H groups in total. The van der Waals surface area contributed by atoms with E-state index in [9.17, 15) is 4.79 Å². The molecule has 0 radical (unpaired) electrons. The van der Waals surface area contributed by atoms with Crippen molar-refractivity contribution < 1.29 is 4.79 Å². The van der Waals surface area contributed by atoms with Gasteiger partial charge in [0.05, 0.1) is 0 Å². The van der Waals surface area contributed by atoms with E-state index in [2.05, 4.69) is 20.8 Å². The van der Waals surface area contributed by atoms with Gasteiger partial charge in [0.15, 0.2) is 0 Å². The van der Waals surface area contributed by atoms with Crippen LogP contribution in [0.4, 0.5) is 0 Å². The minimum absolute atomic E-state index is 0.345. The minimum atomic E-state index is 0.345. The SMILES string of the molecule is C[C@@H]1C[C@@H]2[C@@H](CC1=O)C2(C)C. The summed E-state index contributed by atoms with van der Waals surface area (Å²) in [4.78, 5) is 11.3. The molecular formula is C10H16O. The Bertz CT molecular complexity index is 205. The summed E-state index contributed by atoms with van der Waals surface area (Å²) in [5.41, 5.74) is 0.487. The maximum atomic E-state index is 11.3. The normalized spacial score (nSPS) is 46.8. The molecule has 2 rings (SSSR count). The number of Topliss-reactive ketones (excluding diaryl/α,β-unsaturated/α-hetero) is 1. The van der Waals surface area contributed by atoms with Crippen molar-refractivity contribution >= 4 is 5.78 Å². The Labute approximate surface area is 68.2 Å². The highest BCUT2D eigenvalue weighted by Gasteiger charge is 2.60. The molecule has 2 aliphatic rings. The molecule has 0 aliphatic heterocycles. The zero-order chi connectivity index (χ0) is 8.22. The Kier molecular flexibility index (Phi) is 1.25. The van der Waals surface area contributed by atoms with Crippen LogP contribution in [0.25, 0.3) is 0 Å². The van der Waals surface area contributed by atoms with Crippen molar-refractivity contribution in [2.75, 3.05) is 0 Å². The largest absolute Gasteiger partial charge is 0.299 e. The first-order chi connectivity index (χ1) is 5.03. The van der Waals surface area contributed by atoms with Crippen LogP contribution >= 0.6 is 0 Å². The molecule has 2 fully saturated rings. The van der Waals surface area contributed by atoms with E-state index in [1.54, 1.807) is 0 Å². The predicted molar refractivity (Wildman–Crippen MR) is 44.2 cm³/mol. The van der Waals surface area contributed by atoms with Gasteiger partial charge in [0, 0.05) is 12.3 Å². The first-order valence-corrected chi connectivity index (χ1v) is 4.56. The monoisotopic (exact) mass is 152 g/mol. The summed E-state index contributed by atoms with van der Waals surface area (Å²) in [5.74, 6) is 2.43. The summed E-state index contributed by atoms with van der Waals surface area (Å²) in [6.07, 6.45) is 2.01. The Morgan fingerprint density at radius 3 is 2.55 bits per heavy atom. The third kappa shape index (κ3) is 0.863. The lowest BCUT2D eigenvalue weighted by atomic mass is 9.90. The molecule has 0 aromatic carbocycles. The van der Waals surface area contributed by atoms with Gasteiger partial charge >= 0.3 is 0 Å². The van der Waals surface area contributed by atoms with Gasteiger partial charge < -0.3 is 0 Å². The highest BCUT2D eigenvalue weighted by atomic mass is 16.1. The fourth-order valence-electron chi connectivity index (χ4n) is 2.66. The summed E-state index contributed by atoms with van der Waals surface area (Å²) >= 11 is 0. The maximum absolute atomic E-state index is 11.3. The lowest BCUT2D eigenvalue weighted by Gasteiger charge is -2.14. The van der Waals surface area contributed by atoms with Crippen LogP contribution in [0.15, 0.2) is 0 Å². The topological polar surface area (TPSA) is 17.1 Å². The lowest BCUT2D eigenvalue weighted by Crippen LogP contribution is -2.17. The summed E-state index contributed by atoms with van der Waals surface area (Å²) in [6.45, 7) is 6.67. The number of hydrogen-bond acceptors (Lipinski definition) is 1. The molecule has 11 heavy (non-hydrogen) atoms. The second-order valence-electron chi connectivity index (χ2n) is 4.84. The molecule has 0 spiro atoms. The van der Waals surface area contributed by atoms with Crippen LogP contribution in [-0.4, -0.2) is 5.78 Å². The molecule has 1 heteroatoms. The van der Waals surface area contributed by atoms with Crippen molar-refractivity contribution in [2.45, 2.75) is 33.6 Å². The van der Waals surface area contributed by atoms with Crippen LogP contribution in [0.2, 0.25) is 0 Å². The van der Waals surface area contributed by atoms with Crippen LogP contribution in [-0.2, 0) is 4.79 Å². The van der Waals surface area contributed by atoms with Gasteiger partial charge in [-0.15, -0.1) is 0 Å². The quantitative estimate of drug-likeness (QED) is 0.520. The Hall–Kier alpha value is -0.330. The van der Waals surface area contributed by atoms with E-state index in [-0.39, 0.29) is 0 Å². The molecule has 0 amide bonds. The third-order valence-corrected chi connectivity index (χ3v) is 3.87. The fourth-order valence-corrected chi connectivity index (χ4v) is 2.66. The highest BCUT2D eigenvalue weighted by molar-refractivity contribution is 5.82. The number of carbonyl (C=O) groups excluding carboxylic acids is 1. The standard InChI is InChI=1S/C10H16O/c1-6-4-7-8(5-9(6)11)10(7,2)3/h6-8H,4-5H2,1-3H3/t6-,7-,8-/m1/s1. The van der Waals surface area contributed by atoms with Crippen molar-refractivity contribution in [1.29, 1.82) is 0 Å². The molecule has 0 heterocycles. The van der Waals surface area contributed by atoms with Crippen molar-refractivity contribution in [3.8, 4) is 0 Å². The Balaban J connectivity index is 2.12. The van der Waals surface area contributed by atoms with Gasteiger partial charge in [-0.2, -0.15) is 0 Å². The van der Waals surface area contributed by atoms with E-state index < -0.39 is 0 Å². The molecule has 0 bridgehead atoms. The van der Waals surface area contributed by atoms with Gasteiger partial charge in [0.1, 0.15) is 5.78 Å². The minimum Gasteiger partial charge on any atom is -0.299 e. The van der Waals surface area contributed by atoms with Crippen molar-refractivity contribution in [3.05, 3.63) is 0 Å². The highest BCUT2D eigenvalue weighted by Crippen LogP contribution is 2.64. The molecule has 62 valence electrons. The molecule has 0 aromatic rings. The van der Waals surface area contributed by atoms with Crippen molar-refractivity contribution in [3.63, 3.8) is 0 Å². The van der Waals surface area contributed by atoms with Gasteiger partial charge in [-0.3, -0.25) is 4.79 Å². The fraction of sp³-hybridized carbons (Fsp3) is 0.900. The molecular weight excluding hydrogens is 136 g/mol. The van der Waals surface area contributed by atoms with Gasteiger partial charge in [-0.25, -0.2) is 0 Å². The molecule has 0 aromatic heterocycles. The van der Waals surface area contributed by atoms with Crippen molar-refractivity contribution in [2.24, 2.45) is 23.2 Å². The lowest BCUT2D eigenvalue weighted by molar-refractivity contribution is -0.124. The van der Waals surface area contributed by atoms with E-state index in [0.29, 0.717) is 17.1 Å². The predicted octanol–water partition coefficient (Wildman–Crippen LogP) is 2.26. The number of ketones is 1. The maximum Gasteiger partial charge on any atom is 0.136 e. The average molecular weight is 152 g/mol. The summed E-state index contributed by atoms with van der Waals surface area (Å²) in [7, 11) is 0. The summed E-state index contributed by atoms with van der Waals surface area (Å²) in [6, 6.07) is 0. The van der Waals surface area contributed by atoms with Gasteiger partial charge in [0.2, 0.25) is 0 Å². The van der Waals surface area contributed by atoms with Crippen LogP contribution in [0, 0.1) is 23.2 Å². The Morgan fingerprint density at radius 1 is 1.36 bits per heavy atom. The second kappa shape index (κ2) is 1.88. The van der Waals surface area contributed by atoms with Crippen LogP contribution < -0.4 is 0 Å². The number of carbonyl (C=O) groups is 1. The number of hydrogen-bond donors (Lipinski definition) is 0. The first-order valence-electron chi connectivity index (χ1n) is 4.56. The van der Waals surface area contributed by atoms with Gasteiger partial charge in [-0.1, -0.05) is 20.8 Å². The van der Waals surface area contributed by atoms with Crippen LogP contribution in [0.5, 0.6) is 0 Å². The molecule has 0 unspecified atom stereocenters. The number of rotatable bonds is 0. The van der Waals surface area contributed by atoms with E-state index in [0.717, 1.165) is 24.7 Å². The van der Waals surface area contributed by atoms with Crippen LogP contribution in [0.3, 0.4) is 0 Å². The molecule has 1 nitrogen and oxygen atoms in total. The smallest absolute Gasteiger partial charge is 0.136 e. The average Bonchev–Trinajstić information content (AvgIpc) is 2.39. The van der Waals surface area contributed by atoms with Gasteiger partial charge in [-0.05, 0) is 23.7 Å². The number of fused-ring (bicyclic) bond motifs is 1. The molecule has 0 saturated heterocycles. The van der Waals surface area contributed by atoms with Crippen LogP contribution in [0.1, 0.15) is 33.6 Å². The zero-order valence-electron chi connectivity index (χ0n) is 7.55. The first kappa shape index (κ1) is 7.33. The third-order valence-electron chi connectivity index (χ3n) is 3.87. The van der Waals surface area contributed by atoms with Gasteiger partial charge in [0.25, 0.3) is 0 Å². The molecule has 2 saturated carbocycles. The summed E-state index contributed by atoms with van der Waals surface area (Å²) in [5, 5.41) is 0. The zero-order valence-corrected chi connectivity index (χ0v) is 7.55. The van der Waals surface area contributed by atoms with E-state index in [1.807, 2.05) is 0 Å². The van der Waals surface area contributed by atoms with E-state index in [4.69, 9.17) is 0 Å².